The van der Waals surface area contributed by atoms with Crippen LogP contribution in [0.3, 0.4) is 0 Å². The molecule has 2 N–H and O–H groups in total. The van der Waals surface area contributed by atoms with Crippen LogP contribution in [0.1, 0.15) is 76.0 Å². The number of esters is 1. The molecular weight excluding hydrogens is 410 g/mol. The van der Waals surface area contributed by atoms with Crippen LogP contribution in [0.15, 0.2) is 48.5 Å². The lowest BCUT2D eigenvalue weighted by Crippen LogP contribution is -2.53. The normalized spacial score (nSPS) is 27.4. The molecule has 2 aliphatic carbocycles. The van der Waals surface area contributed by atoms with Crippen LogP contribution in [0, 0.1) is 11.3 Å². The monoisotopic (exact) mass is 449 g/mol. The molecule has 0 amide bonds. The summed E-state index contributed by atoms with van der Waals surface area (Å²) in [5, 5.41) is 13.6. The number of hydrogen-bond donors (Lipinski definition) is 2. The molecule has 33 heavy (non-hydrogen) atoms. The van der Waals surface area contributed by atoms with Crippen LogP contribution in [0.5, 0.6) is 0 Å². The fourth-order valence-corrected chi connectivity index (χ4v) is 6.30. The first-order chi connectivity index (χ1) is 15.7. The van der Waals surface area contributed by atoms with Crippen molar-refractivity contribution in [3.05, 3.63) is 65.2 Å². The van der Waals surface area contributed by atoms with Crippen LogP contribution in [-0.4, -0.2) is 30.3 Å². The number of nitrogens with one attached hydrogen (secondary N) is 1. The molecule has 178 valence electrons. The molecule has 0 bridgehead atoms. The molecule has 0 heterocycles. The van der Waals surface area contributed by atoms with E-state index in [1.807, 2.05) is 30.3 Å². The Kier molecular flexibility index (Phi) is 6.86. The highest BCUT2D eigenvalue weighted by Crippen LogP contribution is 2.57. The summed E-state index contributed by atoms with van der Waals surface area (Å²) in [6.07, 6.45) is 4.26. The number of benzene rings is 2. The minimum atomic E-state index is -0.741. The summed E-state index contributed by atoms with van der Waals surface area (Å²) in [5.41, 5.74) is 4.69. The first-order valence-corrected chi connectivity index (χ1v) is 12.5. The van der Waals surface area contributed by atoms with Gasteiger partial charge in [0.25, 0.3) is 0 Å². The standard InChI is InChI=1S/C29H39NO3/c1-20(2)21-11-13-25-22(17-21)12-14-26-28(25,3)15-8-16-29(26,4)27(32)33-19-24(31)18-30-23-9-6-5-7-10-23/h5-7,9-11,13,17,20,24,26,30-31H,8,12,14-16,18-19H2,1-4H3/t24?,26?,28-,29-/m1/s1. The highest BCUT2D eigenvalue weighted by molar-refractivity contribution is 5.77. The third-order valence-corrected chi connectivity index (χ3v) is 8.23. The lowest BCUT2D eigenvalue weighted by Gasteiger charge is -2.54. The highest BCUT2D eigenvalue weighted by atomic mass is 16.5. The van der Waals surface area contributed by atoms with Gasteiger partial charge in [-0.05, 0) is 78.7 Å². The van der Waals surface area contributed by atoms with Crippen molar-refractivity contribution in [2.24, 2.45) is 11.3 Å². The minimum Gasteiger partial charge on any atom is -0.462 e. The zero-order valence-electron chi connectivity index (χ0n) is 20.6. The van der Waals surface area contributed by atoms with E-state index in [4.69, 9.17) is 4.74 Å². The molecule has 1 saturated carbocycles. The van der Waals surface area contributed by atoms with E-state index in [0.717, 1.165) is 37.8 Å². The summed E-state index contributed by atoms with van der Waals surface area (Å²) < 4.78 is 5.74. The van der Waals surface area contributed by atoms with Crippen molar-refractivity contribution in [3.8, 4) is 0 Å². The summed E-state index contributed by atoms with van der Waals surface area (Å²) >= 11 is 0. The largest absolute Gasteiger partial charge is 0.462 e. The number of aliphatic hydroxyl groups excluding tert-OH is 1. The second kappa shape index (κ2) is 9.50. The lowest BCUT2D eigenvalue weighted by molar-refractivity contribution is -0.167. The zero-order chi connectivity index (χ0) is 23.6. The Balaban J connectivity index is 1.44. The van der Waals surface area contributed by atoms with Crippen LogP contribution in [0.4, 0.5) is 5.69 Å². The maximum atomic E-state index is 13.4. The van der Waals surface area contributed by atoms with E-state index in [1.165, 1.54) is 16.7 Å². The van der Waals surface area contributed by atoms with E-state index in [1.54, 1.807) is 0 Å². The topological polar surface area (TPSA) is 58.6 Å². The summed E-state index contributed by atoms with van der Waals surface area (Å²) in [5.74, 6) is 0.623. The summed E-state index contributed by atoms with van der Waals surface area (Å²) in [6, 6.07) is 16.7. The van der Waals surface area contributed by atoms with Crippen molar-refractivity contribution in [2.75, 3.05) is 18.5 Å². The van der Waals surface area contributed by atoms with Crippen LogP contribution in [-0.2, 0) is 21.4 Å². The molecule has 4 atom stereocenters. The fourth-order valence-electron chi connectivity index (χ4n) is 6.30. The quantitative estimate of drug-likeness (QED) is 0.522. The second-order valence-electron chi connectivity index (χ2n) is 10.9. The molecule has 2 unspecified atom stereocenters. The first-order valence-electron chi connectivity index (χ1n) is 12.5. The van der Waals surface area contributed by atoms with Crippen LogP contribution in [0.2, 0.25) is 0 Å². The van der Waals surface area contributed by atoms with Gasteiger partial charge < -0.3 is 15.2 Å². The molecule has 4 nitrogen and oxygen atoms in total. The Labute approximate surface area is 198 Å². The molecule has 0 radical (unpaired) electrons. The maximum Gasteiger partial charge on any atom is 0.312 e. The van der Waals surface area contributed by atoms with Gasteiger partial charge in [-0.15, -0.1) is 0 Å². The highest BCUT2D eigenvalue weighted by Gasteiger charge is 2.55. The van der Waals surface area contributed by atoms with Crippen molar-refractivity contribution < 1.29 is 14.6 Å². The first kappa shape index (κ1) is 23.8. The van der Waals surface area contributed by atoms with Crippen molar-refractivity contribution in [3.63, 3.8) is 0 Å². The summed E-state index contributed by atoms with van der Waals surface area (Å²) in [4.78, 5) is 13.4. The fraction of sp³-hybridized carbons (Fsp3) is 0.552. The van der Waals surface area contributed by atoms with Gasteiger partial charge in [0, 0.05) is 12.2 Å². The maximum absolute atomic E-state index is 13.4. The Morgan fingerprint density at radius 3 is 2.64 bits per heavy atom. The molecule has 2 aliphatic rings. The number of aliphatic hydroxyl groups is 1. The third-order valence-electron chi connectivity index (χ3n) is 8.23. The molecule has 0 saturated heterocycles. The number of carbonyl (C=O) groups is 1. The molecule has 2 aromatic rings. The minimum absolute atomic E-state index is 0.0113. The molecule has 2 aromatic carbocycles. The third kappa shape index (κ3) is 4.68. The van der Waals surface area contributed by atoms with Gasteiger partial charge in [0.05, 0.1) is 5.41 Å². The molecule has 4 heteroatoms. The second-order valence-corrected chi connectivity index (χ2v) is 10.9. The van der Waals surface area contributed by atoms with Crippen molar-refractivity contribution in [1.82, 2.24) is 0 Å². The van der Waals surface area contributed by atoms with E-state index in [2.05, 4.69) is 51.2 Å². The number of fused-ring (bicyclic) bond motifs is 3. The Bertz CT molecular complexity index is 972. The van der Waals surface area contributed by atoms with Crippen molar-refractivity contribution >= 4 is 11.7 Å². The van der Waals surface area contributed by atoms with E-state index in [9.17, 15) is 9.90 Å². The van der Waals surface area contributed by atoms with E-state index >= 15 is 0 Å². The zero-order valence-corrected chi connectivity index (χ0v) is 20.6. The molecule has 0 spiro atoms. The Morgan fingerprint density at radius 2 is 1.91 bits per heavy atom. The van der Waals surface area contributed by atoms with Gasteiger partial charge in [0.1, 0.15) is 12.7 Å². The number of ether oxygens (including phenoxy) is 1. The molecule has 0 aliphatic heterocycles. The average Bonchev–Trinajstić information content (AvgIpc) is 2.81. The van der Waals surface area contributed by atoms with Crippen LogP contribution < -0.4 is 5.32 Å². The number of hydrogen-bond acceptors (Lipinski definition) is 4. The van der Waals surface area contributed by atoms with E-state index in [0.29, 0.717) is 12.5 Å². The Hall–Kier alpha value is -2.33. The smallest absolute Gasteiger partial charge is 0.312 e. The van der Waals surface area contributed by atoms with E-state index < -0.39 is 11.5 Å². The van der Waals surface area contributed by atoms with Gasteiger partial charge >= 0.3 is 5.97 Å². The summed E-state index contributed by atoms with van der Waals surface area (Å²) in [6.45, 7) is 9.30. The lowest BCUT2D eigenvalue weighted by atomic mass is 9.49. The average molecular weight is 450 g/mol. The SMILES string of the molecule is CC(C)c1ccc2c(c1)CCC1[C@](C)(C(=O)OCC(O)CNc3ccccc3)CCC[C@]21C. The molecule has 0 aromatic heterocycles. The van der Waals surface area contributed by atoms with Crippen LogP contribution in [0.25, 0.3) is 0 Å². The summed E-state index contributed by atoms with van der Waals surface area (Å²) in [7, 11) is 0. The van der Waals surface area contributed by atoms with Gasteiger partial charge in [-0.25, -0.2) is 0 Å². The number of rotatable bonds is 7. The van der Waals surface area contributed by atoms with Crippen molar-refractivity contribution in [1.29, 1.82) is 0 Å². The number of aryl methyl sites for hydroxylation is 1. The van der Waals surface area contributed by atoms with Gasteiger partial charge in [-0.3, -0.25) is 4.79 Å². The Morgan fingerprint density at radius 1 is 1.15 bits per heavy atom. The predicted octanol–water partition coefficient (Wildman–Crippen LogP) is 5.84. The number of anilines is 1. The van der Waals surface area contributed by atoms with Crippen molar-refractivity contribution in [2.45, 2.75) is 77.2 Å². The molecular formula is C29H39NO3. The molecule has 4 rings (SSSR count). The van der Waals surface area contributed by atoms with Gasteiger partial charge in [0.2, 0.25) is 0 Å². The van der Waals surface area contributed by atoms with Gasteiger partial charge in [0.15, 0.2) is 0 Å². The number of para-hydroxylation sites is 1. The number of carbonyl (C=O) groups excluding carboxylic acids is 1. The van der Waals surface area contributed by atoms with Gasteiger partial charge in [-0.1, -0.05) is 63.6 Å². The van der Waals surface area contributed by atoms with Gasteiger partial charge in [-0.2, -0.15) is 0 Å². The van der Waals surface area contributed by atoms with Crippen LogP contribution >= 0.6 is 0 Å². The predicted molar refractivity (Wildman–Crippen MR) is 134 cm³/mol. The van der Waals surface area contributed by atoms with E-state index in [-0.39, 0.29) is 23.9 Å². The molecule has 1 fully saturated rings.